The maximum atomic E-state index is 4.31. The van der Waals surface area contributed by atoms with Crippen molar-refractivity contribution >= 4 is 72.8 Å². The minimum absolute atomic E-state index is 0.560. The monoisotopic (exact) mass is 649 g/mol. The lowest BCUT2D eigenvalue weighted by atomic mass is 9.89. The zero-order chi connectivity index (χ0) is 34.1. The number of aliphatic imine (C=N–C) groups is 3. The lowest BCUT2D eigenvalue weighted by molar-refractivity contribution is 1.43. The first-order chi connectivity index (χ1) is 25.2. The van der Waals surface area contributed by atoms with E-state index in [1.54, 1.807) is 7.05 Å². The topological polar surface area (TPSA) is 37.1 Å². The molecule has 238 valence electrons. The molecule has 0 fully saturated rings. The van der Waals surface area contributed by atoms with E-state index >= 15 is 0 Å². The van der Waals surface area contributed by atoms with Crippen molar-refractivity contribution in [1.29, 1.82) is 0 Å². The maximum Gasteiger partial charge on any atom is 0.160 e. The van der Waals surface area contributed by atoms with Gasteiger partial charge < -0.3 is 0 Å². The van der Waals surface area contributed by atoms with Crippen LogP contribution in [0.3, 0.4) is 0 Å². The van der Waals surface area contributed by atoms with E-state index in [1.807, 2.05) is 6.07 Å². The van der Waals surface area contributed by atoms with Gasteiger partial charge in [-0.2, -0.15) is 0 Å². The Morgan fingerprint density at radius 3 is 1.67 bits per heavy atom. The zero-order valence-corrected chi connectivity index (χ0v) is 28.1. The molecule has 0 amide bonds. The third-order valence-electron chi connectivity index (χ3n) is 10.5. The number of amidine groups is 1. The van der Waals surface area contributed by atoms with E-state index in [0.29, 0.717) is 5.84 Å². The first-order valence-electron chi connectivity index (χ1n) is 17.2. The van der Waals surface area contributed by atoms with Crippen molar-refractivity contribution in [3.8, 4) is 44.5 Å². The lowest BCUT2D eigenvalue weighted by Gasteiger charge is -2.14. The summed E-state index contributed by atoms with van der Waals surface area (Å²) in [6.45, 7) is 3.68. The highest BCUT2D eigenvalue weighted by atomic mass is 14.9. The van der Waals surface area contributed by atoms with Crippen LogP contribution in [-0.2, 0) is 0 Å². The molecular weight excluding hydrogens is 619 g/mol. The average Bonchev–Trinajstić information content (AvgIpc) is 3.49. The Kier molecular flexibility index (Phi) is 6.55. The van der Waals surface area contributed by atoms with E-state index in [1.165, 1.54) is 93.9 Å². The molecule has 3 nitrogen and oxygen atoms in total. The maximum absolute atomic E-state index is 4.31. The van der Waals surface area contributed by atoms with Gasteiger partial charge >= 0.3 is 0 Å². The average molecular weight is 650 g/mol. The van der Waals surface area contributed by atoms with Gasteiger partial charge in [0.25, 0.3) is 0 Å². The Bertz CT molecular complexity index is 3000. The summed E-state index contributed by atoms with van der Waals surface area (Å²) in [4.78, 5) is 12.3. The Morgan fingerprint density at radius 1 is 0.451 bits per heavy atom. The molecule has 0 N–H and O–H groups in total. The fourth-order valence-corrected chi connectivity index (χ4v) is 8.08. The summed E-state index contributed by atoms with van der Waals surface area (Å²) in [6, 6.07) is 55.9. The van der Waals surface area contributed by atoms with Crippen molar-refractivity contribution in [1.82, 2.24) is 0 Å². The van der Waals surface area contributed by atoms with Crippen LogP contribution in [0.15, 0.2) is 167 Å². The van der Waals surface area contributed by atoms with E-state index in [-0.39, 0.29) is 0 Å². The van der Waals surface area contributed by atoms with Gasteiger partial charge in [0, 0.05) is 12.6 Å². The van der Waals surface area contributed by atoms with Crippen LogP contribution < -0.4 is 0 Å². The summed E-state index contributed by atoms with van der Waals surface area (Å²) in [5, 5.41) is 12.5. The second-order valence-corrected chi connectivity index (χ2v) is 13.3. The molecule has 0 radical (unpaired) electrons. The van der Waals surface area contributed by atoms with E-state index in [4.69, 9.17) is 0 Å². The minimum atomic E-state index is 0.560. The molecule has 0 unspecified atom stereocenters. The van der Waals surface area contributed by atoms with Crippen molar-refractivity contribution in [2.45, 2.75) is 0 Å². The molecule has 0 saturated heterocycles. The van der Waals surface area contributed by atoms with Gasteiger partial charge in [0.15, 0.2) is 5.84 Å². The predicted molar refractivity (Wildman–Crippen MR) is 220 cm³/mol. The number of hydrogen-bond donors (Lipinski definition) is 0. The Labute approximate surface area is 295 Å². The van der Waals surface area contributed by atoms with Gasteiger partial charge in [0.05, 0.1) is 0 Å². The van der Waals surface area contributed by atoms with Crippen LogP contribution in [0, 0.1) is 0 Å². The molecule has 0 aromatic heterocycles. The molecule has 0 atom stereocenters. The van der Waals surface area contributed by atoms with E-state index in [0.717, 1.165) is 16.3 Å². The first kappa shape index (κ1) is 29.2. The fourth-order valence-electron chi connectivity index (χ4n) is 8.08. The van der Waals surface area contributed by atoms with Gasteiger partial charge in [0.2, 0.25) is 0 Å². The van der Waals surface area contributed by atoms with Gasteiger partial charge in [0.1, 0.15) is 6.34 Å². The second kappa shape index (κ2) is 11.4. The summed E-state index contributed by atoms with van der Waals surface area (Å²) in [5.41, 5.74) is 11.1. The van der Waals surface area contributed by atoms with Crippen molar-refractivity contribution in [2.24, 2.45) is 15.0 Å². The summed E-state index contributed by atoms with van der Waals surface area (Å²) < 4.78 is 0. The van der Waals surface area contributed by atoms with Crippen molar-refractivity contribution in [3.05, 3.63) is 157 Å². The number of fused-ring (bicyclic) bond motifs is 8. The van der Waals surface area contributed by atoms with Crippen LogP contribution in [0.25, 0.3) is 98.4 Å². The van der Waals surface area contributed by atoms with Gasteiger partial charge in [-0.3, -0.25) is 4.99 Å². The van der Waals surface area contributed by atoms with Crippen molar-refractivity contribution in [2.75, 3.05) is 7.05 Å². The van der Waals surface area contributed by atoms with Gasteiger partial charge in [-0.1, -0.05) is 109 Å². The highest BCUT2D eigenvalue weighted by Gasteiger charge is 2.25. The molecule has 10 rings (SSSR count). The first-order valence-corrected chi connectivity index (χ1v) is 17.2. The summed E-state index contributed by atoms with van der Waals surface area (Å²) in [5.74, 6) is 0.560. The number of benzene rings is 9. The molecule has 0 spiro atoms. The Morgan fingerprint density at radius 2 is 0.980 bits per heavy atom. The highest BCUT2D eigenvalue weighted by Crippen LogP contribution is 2.52. The smallest absolute Gasteiger partial charge is 0.160 e. The molecule has 9 aromatic carbocycles. The number of nitrogens with zero attached hydrogens (tertiary/aromatic N) is 3. The lowest BCUT2D eigenvalue weighted by Crippen LogP contribution is -1.97. The van der Waals surface area contributed by atoms with Gasteiger partial charge in [-0.25, -0.2) is 9.98 Å². The molecular formula is C48H31N3. The van der Waals surface area contributed by atoms with Gasteiger partial charge in [-0.15, -0.1) is 0 Å². The van der Waals surface area contributed by atoms with Crippen LogP contribution >= 0.6 is 0 Å². The summed E-state index contributed by atoms with van der Waals surface area (Å²) in [7, 11) is 1.69. The summed E-state index contributed by atoms with van der Waals surface area (Å²) >= 11 is 0. The molecule has 0 bridgehead atoms. The van der Waals surface area contributed by atoms with Crippen molar-refractivity contribution in [3.63, 3.8) is 0 Å². The molecule has 0 saturated carbocycles. The van der Waals surface area contributed by atoms with E-state index in [2.05, 4.69) is 167 Å². The minimum Gasteiger partial charge on any atom is -0.277 e. The van der Waals surface area contributed by atoms with E-state index in [9.17, 15) is 0 Å². The predicted octanol–water partition coefficient (Wildman–Crippen LogP) is 12.5. The van der Waals surface area contributed by atoms with Gasteiger partial charge in [-0.05, 0) is 148 Å². The summed E-state index contributed by atoms with van der Waals surface area (Å²) in [6.07, 6.45) is 1.49. The van der Waals surface area contributed by atoms with Crippen molar-refractivity contribution < 1.29 is 0 Å². The SMILES string of the molecule is C=N/C(=N\C=N/C)c1ccc2cc(-c3ccc4cc(-c5ccc6c7c(cc8ccccc8c57)-c5cc7ccccc7cc5-6)ccc4c3)ccc2c1. The van der Waals surface area contributed by atoms with Crippen LogP contribution in [0.5, 0.6) is 0 Å². The molecule has 0 heterocycles. The van der Waals surface area contributed by atoms with Crippen LogP contribution in [0.1, 0.15) is 5.56 Å². The van der Waals surface area contributed by atoms with Crippen LogP contribution in [0.4, 0.5) is 0 Å². The molecule has 0 aliphatic heterocycles. The zero-order valence-electron chi connectivity index (χ0n) is 28.1. The standard InChI is InChI=1S/C48H31N3/c1-49-28-51-48(50-2)39-18-16-34-22-32(12-14-36(34)24-39)31-11-13-35-23-38(17-15-33(35)21-31)41-19-20-42-43-25-29-7-3-4-8-30(29)26-44(43)45-27-37-9-5-6-10-40(37)46(41)47(42)45/h3-28H,2H2,1H3/b49-28-,51-48-. The molecule has 1 aliphatic carbocycles. The largest absolute Gasteiger partial charge is 0.277 e. The third kappa shape index (κ3) is 4.63. The normalized spacial score (nSPS) is 12.5. The van der Waals surface area contributed by atoms with Crippen LogP contribution in [-0.4, -0.2) is 25.9 Å². The highest BCUT2D eigenvalue weighted by molar-refractivity contribution is 6.28. The third-order valence-corrected chi connectivity index (χ3v) is 10.5. The molecule has 9 aromatic rings. The molecule has 3 heteroatoms. The number of hydrogen-bond acceptors (Lipinski definition) is 1. The number of rotatable bonds is 4. The quantitative estimate of drug-likeness (QED) is 0.103. The molecule has 51 heavy (non-hydrogen) atoms. The fraction of sp³-hybridized carbons (Fsp3) is 0.0208. The Balaban J connectivity index is 1.07. The Hall–Kier alpha value is -6.71. The van der Waals surface area contributed by atoms with E-state index < -0.39 is 0 Å². The second-order valence-electron chi connectivity index (χ2n) is 13.3. The molecule has 1 aliphatic rings. The van der Waals surface area contributed by atoms with Crippen LogP contribution in [0.2, 0.25) is 0 Å².